The van der Waals surface area contributed by atoms with E-state index >= 15 is 0 Å². The van der Waals surface area contributed by atoms with Crippen molar-refractivity contribution in [2.24, 2.45) is 0 Å². The van der Waals surface area contributed by atoms with Crippen LogP contribution in [0.2, 0.25) is 0 Å². The third kappa shape index (κ3) is 5.29. The third-order valence-electron chi connectivity index (χ3n) is 4.18. The quantitative estimate of drug-likeness (QED) is 0.424. The van der Waals surface area contributed by atoms with Crippen molar-refractivity contribution >= 4 is 23.5 Å². The number of hydrogen-bond acceptors (Lipinski definition) is 8. The predicted molar refractivity (Wildman–Crippen MR) is 110 cm³/mol. The molecule has 0 fully saturated rings. The van der Waals surface area contributed by atoms with E-state index in [4.69, 9.17) is 15.1 Å². The summed E-state index contributed by atoms with van der Waals surface area (Å²) >= 11 is 1.19. The van der Waals surface area contributed by atoms with Crippen LogP contribution in [-0.2, 0) is 11.4 Å². The molecule has 0 aliphatic rings. The maximum atomic E-state index is 12.3. The van der Waals surface area contributed by atoms with Crippen molar-refractivity contribution in [3.05, 3.63) is 47.5 Å². The van der Waals surface area contributed by atoms with Crippen molar-refractivity contribution in [3.8, 4) is 5.75 Å². The van der Waals surface area contributed by atoms with Gasteiger partial charge in [0.2, 0.25) is 11.1 Å². The summed E-state index contributed by atoms with van der Waals surface area (Å²) in [5, 5.41) is 14.5. The fraction of sp³-hybridized carbons (Fsp3) is 0.368. The molecule has 0 unspecified atom stereocenters. The van der Waals surface area contributed by atoms with E-state index in [1.165, 1.54) is 22.0 Å². The smallest absolute Gasteiger partial charge is 0.238 e. The fourth-order valence-corrected chi connectivity index (χ4v) is 3.24. The van der Waals surface area contributed by atoms with Crippen molar-refractivity contribution in [2.45, 2.75) is 50.6 Å². The summed E-state index contributed by atoms with van der Waals surface area (Å²) in [7, 11) is 0. The minimum absolute atomic E-state index is 0.171. The molecular formula is C19H24N6O3S. The standard InChI is InChI=1S/C19H24N6O3S/c1-11(2)14-5-7-15(8-6-14)27-10-17-22-23-19(25(17)20)29-13(4)18(26)21-16-9-12(3)28-24-16/h5-9,11,13H,10,20H2,1-4H3,(H,21,24,26)/t13-/m1/s1. The van der Waals surface area contributed by atoms with Crippen LogP contribution < -0.4 is 15.9 Å². The van der Waals surface area contributed by atoms with Gasteiger partial charge in [0.25, 0.3) is 0 Å². The number of ether oxygens (including phenoxy) is 1. The molecule has 2 aromatic heterocycles. The Morgan fingerprint density at radius 2 is 2.00 bits per heavy atom. The highest BCUT2D eigenvalue weighted by molar-refractivity contribution is 8.00. The molecular weight excluding hydrogens is 392 g/mol. The van der Waals surface area contributed by atoms with Crippen molar-refractivity contribution in [1.82, 2.24) is 20.0 Å². The predicted octanol–water partition coefficient (Wildman–Crippen LogP) is 3.11. The van der Waals surface area contributed by atoms with Crippen LogP contribution in [0.1, 0.15) is 43.8 Å². The van der Waals surface area contributed by atoms with E-state index in [0.29, 0.717) is 28.5 Å². The molecule has 2 heterocycles. The molecule has 0 saturated heterocycles. The summed E-state index contributed by atoms with van der Waals surface area (Å²) in [6.07, 6.45) is 0. The van der Waals surface area contributed by atoms with E-state index in [-0.39, 0.29) is 12.5 Å². The van der Waals surface area contributed by atoms with Crippen LogP contribution in [0.4, 0.5) is 5.82 Å². The molecule has 10 heteroatoms. The van der Waals surface area contributed by atoms with Gasteiger partial charge in [-0.25, -0.2) is 4.68 Å². The molecule has 1 aromatic carbocycles. The molecule has 1 atom stereocenters. The first-order valence-electron chi connectivity index (χ1n) is 9.16. The van der Waals surface area contributed by atoms with Gasteiger partial charge in [-0.2, -0.15) is 0 Å². The highest BCUT2D eigenvalue weighted by Crippen LogP contribution is 2.23. The maximum absolute atomic E-state index is 12.3. The van der Waals surface area contributed by atoms with Gasteiger partial charge in [0, 0.05) is 6.07 Å². The van der Waals surface area contributed by atoms with Crippen LogP contribution in [0.15, 0.2) is 40.0 Å². The number of benzene rings is 1. The molecule has 0 radical (unpaired) electrons. The van der Waals surface area contributed by atoms with Crippen molar-refractivity contribution in [1.29, 1.82) is 0 Å². The lowest BCUT2D eigenvalue weighted by Crippen LogP contribution is -2.24. The summed E-state index contributed by atoms with van der Waals surface area (Å²) < 4.78 is 12.0. The number of carbonyl (C=O) groups is 1. The van der Waals surface area contributed by atoms with Crippen LogP contribution in [0.5, 0.6) is 5.75 Å². The Bertz CT molecular complexity index is 967. The average Bonchev–Trinajstić information content (AvgIpc) is 3.26. The van der Waals surface area contributed by atoms with E-state index < -0.39 is 5.25 Å². The van der Waals surface area contributed by atoms with Crippen LogP contribution in [0, 0.1) is 6.92 Å². The van der Waals surface area contributed by atoms with Gasteiger partial charge in [-0.3, -0.25) is 4.79 Å². The molecule has 3 aromatic rings. The zero-order valence-corrected chi connectivity index (χ0v) is 17.6. The van der Waals surface area contributed by atoms with E-state index in [0.717, 1.165) is 5.75 Å². The summed E-state index contributed by atoms with van der Waals surface area (Å²) in [5.74, 6) is 8.45. The Morgan fingerprint density at radius 3 is 2.62 bits per heavy atom. The number of thioether (sulfide) groups is 1. The summed E-state index contributed by atoms with van der Waals surface area (Å²) in [6, 6.07) is 9.54. The van der Waals surface area contributed by atoms with Gasteiger partial charge in [-0.15, -0.1) is 10.2 Å². The molecule has 3 N–H and O–H groups in total. The molecule has 1 amide bonds. The number of amides is 1. The second kappa shape index (κ2) is 8.99. The van der Waals surface area contributed by atoms with Crippen LogP contribution in [0.25, 0.3) is 0 Å². The van der Waals surface area contributed by atoms with Gasteiger partial charge < -0.3 is 20.4 Å². The number of hydrogen-bond donors (Lipinski definition) is 2. The Balaban J connectivity index is 1.56. The Hall–Kier alpha value is -3.01. The first kappa shape index (κ1) is 20.7. The summed E-state index contributed by atoms with van der Waals surface area (Å²) in [4.78, 5) is 12.3. The second-order valence-corrected chi connectivity index (χ2v) is 8.16. The highest BCUT2D eigenvalue weighted by atomic mass is 32.2. The zero-order valence-electron chi connectivity index (χ0n) is 16.7. The summed E-state index contributed by atoms with van der Waals surface area (Å²) in [6.45, 7) is 7.94. The number of rotatable bonds is 8. The van der Waals surface area contributed by atoms with Crippen molar-refractivity contribution in [3.63, 3.8) is 0 Å². The number of nitrogens with zero attached hydrogens (tertiary/aromatic N) is 4. The van der Waals surface area contributed by atoms with Crippen LogP contribution in [0.3, 0.4) is 0 Å². The number of nitrogens with two attached hydrogens (primary N) is 1. The lowest BCUT2D eigenvalue weighted by atomic mass is 10.0. The van der Waals surface area contributed by atoms with Gasteiger partial charge in [-0.05, 0) is 37.5 Å². The molecule has 154 valence electrons. The zero-order chi connectivity index (χ0) is 21.0. The fourth-order valence-electron chi connectivity index (χ4n) is 2.45. The molecule has 0 aliphatic carbocycles. The number of aromatic nitrogens is 4. The molecule has 0 spiro atoms. The van der Waals surface area contributed by atoms with Crippen molar-refractivity contribution in [2.75, 3.05) is 11.2 Å². The van der Waals surface area contributed by atoms with Gasteiger partial charge in [0.05, 0.1) is 5.25 Å². The molecule has 9 nitrogen and oxygen atoms in total. The Labute approximate surface area is 173 Å². The largest absolute Gasteiger partial charge is 0.486 e. The van der Waals surface area contributed by atoms with Gasteiger partial charge in [0.1, 0.15) is 18.1 Å². The average molecular weight is 417 g/mol. The maximum Gasteiger partial charge on any atom is 0.238 e. The molecule has 29 heavy (non-hydrogen) atoms. The highest BCUT2D eigenvalue weighted by Gasteiger charge is 2.20. The van der Waals surface area contributed by atoms with Crippen LogP contribution >= 0.6 is 11.8 Å². The minimum atomic E-state index is -0.462. The number of aryl methyl sites for hydroxylation is 1. The number of nitrogen functional groups attached to an aromatic ring is 1. The van der Waals surface area contributed by atoms with Crippen LogP contribution in [-0.4, -0.2) is 31.2 Å². The molecule has 0 aliphatic heterocycles. The van der Waals surface area contributed by atoms with Gasteiger partial charge >= 0.3 is 0 Å². The third-order valence-corrected chi connectivity index (χ3v) is 5.24. The molecule has 0 saturated carbocycles. The Morgan fingerprint density at radius 1 is 1.28 bits per heavy atom. The van der Waals surface area contributed by atoms with E-state index in [1.807, 2.05) is 24.3 Å². The van der Waals surface area contributed by atoms with Gasteiger partial charge in [0.15, 0.2) is 11.6 Å². The molecule has 0 bridgehead atoms. The number of nitrogens with one attached hydrogen (secondary N) is 1. The first-order chi connectivity index (χ1) is 13.8. The molecule has 3 rings (SSSR count). The van der Waals surface area contributed by atoms with Gasteiger partial charge in [-0.1, -0.05) is 42.9 Å². The van der Waals surface area contributed by atoms with E-state index in [1.54, 1.807) is 19.9 Å². The second-order valence-electron chi connectivity index (χ2n) is 6.85. The Kier molecular flexibility index (Phi) is 6.42. The first-order valence-corrected chi connectivity index (χ1v) is 10.0. The van der Waals surface area contributed by atoms with Crippen molar-refractivity contribution < 1.29 is 14.1 Å². The van der Waals surface area contributed by atoms with E-state index in [9.17, 15) is 4.79 Å². The summed E-state index contributed by atoms with van der Waals surface area (Å²) in [5.41, 5.74) is 1.24. The van der Waals surface area contributed by atoms with E-state index in [2.05, 4.69) is 34.5 Å². The lowest BCUT2D eigenvalue weighted by molar-refractivity contribution is -0.115. The normalized spacial score (nSPS) is 12.2. The number of anilines is 1. The monoisotopic (exact) mass is 416 g/mol. The SMILES string of the molecule is Cc1cc(NC(=O)[C@@H](C)Sc2nnc(COc3ccc(C(C)C)cc3)n2N)no1. The number of carbonyl (C=O) groups excluding carboxylic acids is 1. The minimum Gasteiger partial charge on any atom is -0.486 e. The lowest BCUT2D eigenvalue weighted by Gasteiger charge is -2.10. The topological polar surface area (TPSA) is 121 Å².